The molecule has 7 nitrogen and oxygen atoms in total. The van der Waals surface area contributed by atoms with Gasteiger partial charge in [0.25, 0.3) is 5.91 Å². The number of pyridine rings is 1. The van der Waals surface area contributed by atoms with E-state index in [1.165, 1.54) is 0 Å². The van der Waals surface area contributed by atoms with Gasteiger partial charge in [-0.2, -0.15) is 0 Å². The number of nitrogens with zero attached hydrogens (tertiary/aromatic N) is 5. The van der Waals surface area contributed by atoms with Gasteiger partial charge < -0.3 is 14.8 Å². The minimum atomic E-state index is -0.0809. The maximum atomic E-state index is 12.3. The van der Waals surface area contributed by atoms with Crippen molar-refractivity contribution in [3.63, 3.8) is 0 Å². The normalized spacial score (nSPS) is 16.4. The third-order valence-electron chi connectivity index (χ3n) is 5.31. The van der Waals surface area contributed by atoms with Gasteiger partial charge in [-0.1, -0.05) is 30.3 Å². The summed E-state index contributed by atoms with van der Waals surface area (Å²) in [5.41, 5.74) is 2.59. The van der Waals surface area contributed by atoms with Gasteiger partial charge in [-0.25, -0.2) is 0 Å². The second-order valence-electron chi connectivity index (χ2n) is 7.34. The molecule has 0 bridgehead atoms. The zero-order valence-corrected chi connectivity index (χ0v) is 15.6. The van der Waals surface area contributed by atoms with Crippen LogP contribution in [-0.4, -0.2) is 44.8 Å². The first-order valence-corrected chi connectivity index (χ1v) is 9.77. The molecule has 142 valence electrons. The highest BCUT2D eigenvalue weighted by Crippen LogP contribution is 2.23. The van der Waals surface area contributed by atoms with Crippen molar-refractivity contribution in [2.45, 2.75) is 31.8 Å². The highest BCUT2D eigenvalue weighted by atomic mass is 16.2. The van der Waals surface area contributed by atoms with E-state index in [0.29, 0.717) is 11.7 Å². The lowest BCUT2D eigenvalue weighted by Gasteiger charge is -2.22. The van der Waals surface area contributed by atoms with Crippen molar-refractivity contribution in [3.8, 4) is 11.4 Å². The average Bonchev–Trinajstić information content (AvgIpc) is 3.50. The summed E-state index contributed by atoms with van der Waals surface area (Å²) < 4.78 is 2.21. The molecule has 0 spiro atoms. The Bertz CT molecular complexity index is 995. The van der Waals surface area contributed by atoms with Crippen LogP contribution in [0.5, 0.6) is 0 Å². The summed E-state index contributed by atoms with van der Waals surface area (Å²) in [4.78, 5) is 18.9. The van der Waals surface area contributed by atoms with E-state index in [0.717, 1.165) is 61.8 Å². The van der Waals surface area contributed by atoms with Crippen molar-refractivity contribution in [1.29, 1.82) is 0 Å². The van der Waals surface area contributed by atoms with Crippen molar-refractivity contribution in [2.24, 2.45) is 0 Å². The topological polar surface area (TPSA) is 75.9 Å². The summed E-state index contributed by atoms with van der Waals surface area (Å²) in [5, 5.41) is 11.8. The molecule has 1 aliphatic carbocycles. The molecule has 1 fully saturated rings. The lowest BCUT2D eigenvalue weighted by Crippen LogP contribution is -2.29. The lowest BCUT2D eigenvalue weighted by molar-refractivity contribution is 0.0946. The van der Waals surface area contributed by atoms with Gasteiger partial charge in [0.15, 0.2) is 5.82 Å². The standard InChI is InChI=1S/C21H22N6O/c28-21(23-16-6-7-16)18-14-17(8-10-22-18)26-11-9-19-24-25-20(27(19)13-12-26)15-4-2-1-3-5-15/h1-5,8,10,14,16H,6-7,9,11-13H2,(H,23,28). The second-order valence-corrected chi connectivity index (χ2v) is 7.34. The maximum absolute atomic E-state index is 12.3. The van der Waals surface area contributed by atoms with Gasteiger partial charge in [0.2, 0.25) is 0 Å². The van der Waals surface area contributed by atoms with E-state index in [9.17, 15) is 4.79 Å². The van der Waals surface area contributed by atoms with Crippen LogP contribution in [0, 0.1) is 0 Å². The molecule has 2 aromatic heterocycles. The first-order valence-electron chi connectivity index (χ1n) is 9.77. The molecule has 3 aromatic rings. The van der Waals surface area contributed by atoms with E-state index in [1.54, 1.807) is 6.20 Å². The van der Waals surface area contributed by atoms with Crippen molar-refractivity contribution >= 4 is 11.6 Å². The third kappa shape index (κ3) is 3.35. The number of nitrogens with one attached hydrogen (secondary N) is 1. The number of carbonyl (C=O) groups is 1. The van der Waals surface area contributed by atoms with Gasteiger partial charge in [-0.05, 0) is 25.0 Å². The molecule has 0 atom stereocenters. The Morgan fingerprint density at radius 3 is 2.71 bits per heavy atom. The summed E-state index contributed by atoms with van der Waals surface area (Å²) >= 11 is 0. The summed E-state index contributed by atoms with van der Waals surface area (Å²) in [6.45, 7) is 2.47. The maximum Gasteiger partial charge on any atom is 0.270 e. The number of hydrogen-bond acceptors (Lipinski definition) is 5. The Hall–Kier alpha value is -3.22. The fraction of sp³-hybridized carbons (Fsp3) is 0.333. The van der Waals surface area contributed by atoms with Crippen molar-refractivity contribution in [1.82, 2.24) is 25.1 Å². The van der Waals surface area contributed by atoms with Crippen LogP contribution < -0.4 is 10.2 Å². The van der Waals surface area contributed by atoms with Crippen LogP contribution in [0.1, 0.15) is 29.2 Å². The first-order chi connectivity index (χ1) is 13.8. The van der Waals surface area contributed by atoms with Gasteiger partial charge in [-0.15, -0.1) is 10.2 Å². The van der Waals surface area contributed by atoms with Crippen LogP contribution >= 0.6 is 0 Å². The summed E-state index contributed by atoms with van der Waals surface area (Å²) in [6.07, 6.45) is 4.67. The number of aromatic nitrogens is 4. The van der Waals surface area contributed by atoms with E-state index >= 15 is 0 Å². The Morgan fingerprint density at radius 2 is 1.89 bits per heavy atom. The molecule has 1 amide bonds. The fourth-order valence-corrected chi connectivity index (χ4v) is 3.61. The number of benzene rings is 1. The Morgan fingerprint density at radius 1 is 1.04 bits per heavy atom. The van der Waals surface area contributed by atoms with Gasteiger partial charge in [0.1, 0.15) is 11.5 Å². The summed E-state index contributed by atoms with van der Waals surface area (Å²) in [7, 11) is 0. The molecule has 1 saturated carbocycles. The van der Waals surface area contributed by atoms with Gasteiger partial charge >= 0.3 is 0 Å². The van der Waals surface area contributed by atoms with E-state index in [4.69, 9.17) is 0 Å². The minimum absolute atomic E-state index is 0.0809. The zero-order chi connectivity index (χ0) is 18.9. The monoisotopic (exact) mass is 374 g/mol. The molecule has 28 heavy (non-hydrogen) atoms. The van der Waals surface area contributed by atoms with E-state index in [-0.39, 0.29) is 5.91 Å². The van der Waals surface area contributed by atoms with E-state index in [1.807, 2.05) is 30.3 Å². The quantitative estimate of drug-likeness (QED) is 0.758. The lowest BCUT2D eigenvalue weighted by atomic mass is 10.2. The predicted octanol–water partition coefficient (Wildman–Crippen LogP) is 2.29. The van der Waals surface area contributed by atoms with Crippen molar-refractivity contribution < 1.29 is 4.79 Å². The molecule has 5 rings (SSSR count). The van der Waals surface area contributed by atoms with Gasteiger partial charge in [-0.3, -0.25) is 9.78 Å². The largest absolute Gasteiger partial charge is 0.369 e. The van der Waals surface area contributed by atoms with E-state index < -0.39 is 0 Å². The average molecular weight is 374 g/mol. The molecule has 0 unspecified atom stereocenters. The van der Waals surface area contributed by atoms with Crippen LogP contribution in [0.25, 0.3) is 11.4 Å². The number of hydrogen-bond donors (Lipinski definition) is 1. The molecule has 0 radical (unpaired) electrons. The highest BCUT2D eigenvalue weighted by Gasteiger charge is 2.25. The summed E-state index contributed by atoms with van der Waals surface area (Å²) in [6, 6.07) is 14.4. The van der Waals surface area contributed by atoms with Crippen LogP contribution in [-0.2, 0) is 13.0 Å². The van der Waals surface area contributed by atoms with Crippen LogP contribution in [0.3, 0.4) is 0 Å². The minimum Gasteiger partial charge on any atom is -0.369 e. The molecular formula is C21H22N6O. The molecule has 1 aliphatic heterocycles. The van der Waals surface area contributed by atoms with E-state index in [2.05, 4.69) is 42.1 Å². The first kappa shape index (κ1) is 16.9. The second kappa shape index (κ2) is 7.07. The SMILES string of the molecule is O=C(NC1CC1)c1cc(N2CCc3nnc(-c4ccccc4)n3CC2)ccn1. The Kier molecular flexibility index (Phi) is 4.27. The third-order valence-corrected chi connectivity index (χ3v) is 5.31. The number of anilines is 1. The molecule has 1 N–H and O–H groups in total. The predicted molar refractivity (Wildman–Crippen MR) is 106 cm³/mol. The van der Waals surface area contributed by atoms with Crippen LogP contribution in [0.2, 0.25) is 0 Å². The molecule has 7 heteroatoms. The molecule has 0 saturated heterocycles. The van der Waals surface area contributed by atoms with Gasteiger partial charge in [0.05, 0.1) is 0 Å². The van der Waals surface area contributed by atoms with Crippen LogP contribution in [0.4, 0.5) is 5.69 Å². The smallest absolute Gasteiger partial charge is 0.270 e. The highest BCUT2D eigenvalue weighted by molar-refractivity contribution is 5.93. The van der Waals surface area contributed by atoms with Crippen molar-refractivity contribution in [3.05, 3.63) is 60.2 Å². The number of carbonyl (C=O) groups excluding carboxylic acids is 1. The Labute approximate surface area is 163 Å². The number of rotatable bonds is 4. The number of amides is 1. The Balaban J connectivity index is 1.35. The fourth-order valence-electron chi connectivity index (χ4n) is 3.61. The molecular weight excluding hydrogens is 352 g/mol. The number of fused-ring (bicyclic) bond motifs is 1. The zero-order valence-electron chi connectivity index (χ0n) is 15.6. The molecule has 1 aromatic carbocycles. The van der Waals surface area contributed by atoms with Gasteiger partial charge in [0, 0.05) is 49.5 Å². The van der Waals surface area contributed by atoms with Crippen LogP contribution in [0.15, 0.2) is 48.7 Å². The van der Waals surface area contributed by atoms with Crippen molar-refractivity contribution in [2.75, 3.05) is 18.0 Å². The molecule has 2 aliphatic rings. The molecule has 3 heterocycles. The summed E-state index contributed by atoms with van der Waals surface area (Å²) in [5.74, 6) is 1.83.